The molecule has 0 aromatic carbocycles. The van der Waals surface area contributed by atoms with Crippen LogP contribution in [0, 0.1) is 17.3 Å². The molecule has 1 aliphatic carbocycles. The summed E-state index contributed by atoms with van der Waals surface area (Å²) in [4.78, 5) is 13.9. The lowest BCUT2D eigenvalue weighted by molar-refractivity contribution is -0.185. The van der Waals surface area contributed by atoms with Crippen LogP contribution in [0.25, 0.3) is 0 Å². The van der Waals surface area contributed by atoms with E-state index in [1.165, 1.54) is 0 Å². The zero-order chi connectivity index (χ0) is 15.6. The Morgan fingerprint density at radius 3 is 2.10 bits per heavy atom. The largest absolute Gasteiger partial charge is 0.391 e. The third-order valence-electron chi connectivity index (χ3n) is 4.13. The molecule has 1 aliphatic rings. The summed E-state index contributed by atoms with van der Waals surface area (Å²) >= 11 is 0. The van der Waals surface area contributed by atoms with Gasteiger partial charge in [-0.25, -0.2) is 0 Å². The minimum Gasteiger partial charge on any atom is -0.345 e. The molecule has 6 heteroatoms. The Hall–Kier alpha value is -0.780. The van der Waals surface area contributed by atoms with Crippen LogP contribution in [-0.2, 0) is 4.79 Å². The number of halogens is 3. The van der Waals surface area contributed by atoms with E-state index >= 15 is 0 Å². The van der Waals surface area contributed by atoms with Gasteiger partial charge in [-0.1, -0.05) is 13.8 Å². The van der Waals surface area contributed by atoms with Crippen molar-refractivity contribution in [3.63, 3.8) is 0 Å². The average Bonchev–Trinajstić information content (AvgIpc) is 2.36. The zero-order valence-electron chi connectivity index (χ0n) is 12.5. The van der Waals surface area contributed by atoms with Crippen LogP contribution in [0.15, 0.2) is 0 Å². The van der Waals surface area contributed by atoms with Crippen LogP contribution in [0.1, 0.15) is 39.5 Å². The normalized spacial score (nSPS) is 24.6. The first-order valence-corrected chi connectivity index (χ1v) is 7.08. The van der Waals surface area contributed by atoms with Crippen LogP contribution in [0.2, 0.25) is 0 Å². The molecule has 0 spiro atoms. The predicted octanol–water partition coefficient (Wildman–Crippen LogP) is 2.80. The van der Waals surface area contributed by atoms with Crippen molar-refractivity contribution < 1.29 is 18.0 Å². The Kier molecular flexibility index (Phi) is 5.46. The monoisotopic (exact) mass is 294 g/mol. The summed E-state index contributed by atoms with van der Waals surface area (Å²) in [6.45, 7) is 4.93. The lowest BCUT2D eigenvalue weighted by atomic mass is 9.80. The highest BCUT2D eigenvalue weighted by atomic mass is 19.4. The topological polar surface area (TPSA) is 46.3 Å². The van der Waals surface area contributed by atoms with E-state index in [-0.39, 0.29) is 30.1 Å². The summed E-state index contributed by atoms with van der Waals surface area (Å²) in [5, 5.41) is 0. The van der Waals surface area contributed by atoms with Gasteiger partial charge in [0.15, 0.2) is 0 Å². The number of alkyl halides is 3. The van der Waals surface area contributed by atoms with Crippen molar-refractivity contribution in [2.45, 2.75) is 45.7 Å². The highest BCUT2D eigenvalue weighted by Gasteiger charge is 2.42. The van der Waals surface area contributed by atoms with Crippen molar-refractivity contribution in [1.29, 1.82) is 0 Å². The minimum absolute atomic E-state index is 0.0489. The number of nitrogens with zero attached hydrogens (tertiary/aromatic N) is 1. The molecule has 0 aromatic rings. The molecule has 1 rings (SSSR count). The maximum absolute atomic E-state index is 12.6. The molecule has 0 atom stereocenters. The van der Waals surface area contributed by atoms with Crippen molar-refractivity contribution >= 4 is 5.91 Å². The lowest BCUT2D eigenvalue weighted by Gasteiger charge is -2.34. The predicted molar refractivity (Wildman–Crippen MR) is 72.0 cm³/mol. The van der Waals surface area contributed by atoms with Gasteiger partial charge in [0.1, 0.15) is 0 Å². The minimum atomic E-state index is -4.12. The molecular formula is C14H25F3N2O. The molecule has 0 aromatic heterocycles. The molecule has 0 saturated heterocycles. The molecule has 0 heterocycles. The Morgan fingerprint density at radius 2 is 1.70 bits per heavy atom. The number of carbonyl (C=O) groups excluding carboxylic acids is 1. The first-order chi connectivity index (χ1) is 9.07. The fourth-order valence-corrected chi connectivity index (χ4v) is 2.76. The Labute approximate surface area is 118 Å². The van der Waals surface area contributed by atoms with E-state index in [2.05, 4.69) is 0 Å². The number of amides is 1. The summed E-state index contributed by atoms with van der Waals surface area (Å²) in [6.07, 6.45) is -3.34. The standard InChI is InChI=1S/C14H25F3N2O/c1-13(2,8-18)9-19(3)12(20)10-4-6-11(7-5-10)14(15,16)17/h10-11H,4-9,18H2,1-3H3. The van der Waals surface area contributed by atoms with Gasteiger partial charge in [0.05, 0.1) is 5.92 Å². The Balaban J connectivity index is 2.51. The van der Waals surface area contributed by atoms with Crippen molar-refractivity contribution in [3.8, 4) is 0 Å². The Morgan fingerprint density at radius 1 is 1.20 bits per heavy atom. The first kappa shape index (κ1) is 17.3. The van der Waals surface area contributed by atoms with Crippen LogP contribution in [0.4, 0.5) is 13.2 Å². The molecule has 1 amide bonds. The van der Waals surface area contributed by atoms with Crippen molar-refractivity contribution in [2.24, 2.45) is 23.0 Å². The summed E-state index contributed by atoms with van der Waals surface area (Å²) in [5.74, 6) is -1.56. The maximum atomic E-state index is 12.6. The van der Waals surface area contributed by atoms with Gasteiger partial charge in [0, 0.05) is 19.5 Å². The molecule has 3 nitrogen and oxygen atoms in total. The van der Waals surface area contributed by atoms with E-state index < -0.39 is 12.1 Å². The van der Waals surface area contributed by atoms with Gasteiger partial charge < -0.3 is 10.6 Å². The van der Waals surface area contributed by atoms with Gasteiger partial charge in [-0.15, -0.1) is 0 Å². The number of carbonyl (C=O) groups is 1. The number of hydrogen-bond acceptors (Lipinski definition) is 2. The zero-order valence-corrected chi connectivity index (χ0v) is 12.5. The third kappa shape index (κ3) is 4.65. The van der Waals surface area contributed by atoms with E-state index in [0.717, 1.165) is 0 Å². The molecule has 0 radical (unpaired) electrons. The van der Waals surface area contributed by atoms with Gasteiger partial charge >= 0.3 is 6.18 Å². The molecule has 20 heavy (non-hydrogen) atoms. The van der Waals surface area contributed by atoms with Crippen LogP contribution < -0.4 is 5.73 Å². The van der Waals surface area contributed by atoms with E-state index in [9.17, 15) is 18.0 Å². The van der Waals surface area contributed by atoms with Crippen molar-refractivity contribution in [3.05, 3.63) is 0 Å². The van der Waals surface area contributed by atoms with Crippen molar-refractivity contribution in [1.82, 2.24) is 4.90 Å². The molecule has 0 unspecified atom stereocenters. The number of nitrogens with two attached hydrogens (primary N) is 1. The average molecular weight is 294 g/mol. The van der Waals surface area contributed by atoms with Crippen molar-refractivity contribution in [2.75, 3.05) is 20.1 Å². The molecule has 1 saturated carbocycles. The summed E-state index contributed by atoms with van der Waals surface area (Å²) in [5.41, 5.74) is 5.46. The maximum Gasteiger partial charge on any atom is 0.391 e. The fraction of sp³-hybridized carbons (Fsp3) is 0.929. The second kappa shape index (κ2) is 6.33. The molecule has 1 fully saturated rings. The number of rotatable bonds is 4. The van der Waals surface area contributed by atoms with E-state index in [1.54, 1.807) is 11.9 Å². The fourth-order valence-electron chi connectivity index (χ4n) is 2.76. The van der Waals surface area contributed by atoms with Gasteiger partial charge in [0.2, 0.25) is 5.91 Å². The van der Waals surface area contributed by atoms with E-state index in [0.29, 0.717) is 25.9 Å². The highest BCUT2D eigenvalue weighted by molar-refractivity contribution is 5.78. The van der Waals surface area contributed by atoms with Gasteiger partial charge in [-0.05, 0) is 37.6 Å². The smallest absolute Gasteiger partial charge is 0.345 e. The van der Waals surface area contributed by atoms with Crippen LogP contribution in [-0.4, -0.2) is 37.1 Å². The molecular weight excluding hydrogens is 269 g/mol. The highest BCUT2D eigenvalue weighted by Crippen LogP contribution is 2.40. The van der Waals surface area contributed by atoms with E-state index in [1.807, 2.05) is 13.8 Å². The summed E-state index contributed by atoms with van der Waals surface area (Å²) in [6, 6.07) is 0. The second-order valence-corrected chi connectivity index (χ2v) is 6.65. The van der Waals surface area contributed by atoms with Crippen LogP contribution in [0.3, 0.4) is 0 Å². The van der Waals surface area contributed by atoms with Crippen LogP contribution in [0.5, 0.6) is 0 Å². The third-order valence-corrected chi connectivity index (χ3v) is 4.13. The van der Waals surface area contributed by atoms with Gasteiger partial charge in [0.25, 0.3) is 0 Å². The molecule has 118 valence electrons. The summed E-state index contributed by atoms with van der Waals surface area (Å²) < 4.78 is 37.8. The summed E-state index contributed by atoms with van der Waals surface area (Å²) in [7, 11) is 1.70. The van der Waals surface area contributed by atoms with Gasteiger partial charge in [-0.2, -0.15) is 13.2 Å². The number of hydrogen-bond donors (Lipinski definition) is 1. The first-order valence-electron chi connectivity index (χ1n) is 7.08. The quantitative estimate of drug-likeness (QED) is 0.866. The van der Waals surface area contributed by atoms with E-state index in [4.69, 9.17) is 5.73 Å². The molecule has 0 bridgehead atoms. The lowest BCUT2D eigenvalue weighted by Crippen LogP contribution is -2.43. The molecule has 2 N–H and O–H groups in total. The Bertz CT molecular complexity index is 334. The molecule has 0 aliphatic heterocycles. The SMILES string of the molecule is CN(CC(C)(C)CN)C(=O)C1CCC(C(F)(F)F)CC1. The second-order valence-electron chi connectivity index (χ2n) is 6.65. The van der Waals surface area contributed by atoms with Crippen LogP contribution >= 0.6 is 0 Å². The van der Waals surface area contributed by atoms with Gasteiger partial charge in [-0.3, -0.25) is 4.79 Å².